The van der Waals surface area contributed by atoms with E-state index >= 15 is 0 Å². The van der Waals surface area contributed by atoms with Crippen molar-refractivity contribution in [3.8, 4) is 0 Å². The number of anilines is 2. The number of amides is 1. The first-order chi connectivity index (χ1) is 22.0. The summed E-state index contributed by atoms with van der Waals surface area (Å²) in [6, 6.07) is 28.7. The molecule has 8 heteroatoms. The molecular weight excluding hydrogens is 558 g/mol. The van der Waals surface area contributed by atoms with Crippen molar-refractivity contribution in [3.63, 3.8) is 0 Å². The quantitative estimate of drug-likeness (QED) is 0.116. The van der Waals surface area contributed by atoms with Crippen LogP contribution in [-0.4, -0.2) is 61.7 Å². The molecule has 5 rings (SSSR count). The van der Waals surface area contributed by atoms with Gasteiger partial charge in [-0.25, -0.2) is 4.98 Å². The van der Waals surface area contributed by atoms with E-state index in [1.165, 1.54) is 5.56 Å². The van der Waals surface area contributed by atoms with E-state index in [0.29, 0.717) is 23.5 Å². The van der Waals surface area contributed by atoms with Crippen molar-refractivity contribution in [1.82, 2.24) is 25.9 Å². The third-order valence-corrected chi connectivity index (χ3v) is 8.71. The van der Waals surface area contributed by atoms with Gasteiger partial charge >= 0.3 is 0 Å². The van der Waals surface area contributed by atoms with Crippen LogP contribution in [0.4, 0.5) is 11.8 Å². The fourth-order valence-corrected chi connectivity index (χ4v) is 6.17. The number of carbonyl (C=O) groups excluding carboxylic acids is 1. The molecule has 1 atom stereocenters. The largest absolute Gasteiger partial charge is 0.362 e. The molecule has 8 nitrogen and oxygen atoms in total. The zero-order chi connectivity index (χ0) is 31.3. The van der Waals surface area contributed by atoms with Crippen molar-refractivity contribution >= 4 is 28.6 Å². The molecule has 4 N–H and O–H groups in total. The lowest BCUT2D eigenvalue weighted by Crippen LogP contribution is -2.43. The van der Waals surface area contributed by atoms with Crippen LogP contribution >= 0.6 is 0 Å². The molecule has 45 heavy (non-hydrogen) atoms. The number of fused-ring (bicyclic) bond motifs is 1. The van der Waals surface area contributed by atoms with Gasteiger partial charge in [0.1, 0.15) is 5.82 Å². The first kappa shape index (κ1) is 32.4. The summed E-state index contributed by atoms with van der Waals surface area (Å²) in [4.78, 5) is 24.6. The van der Waals surface area contributed by atoms with Crippen LogP contribution in [0.25, 0.3) is 10.9 Å². The van der Waals surface area contributed by atoms with Gasteiger partial charge in [0.25, 0.3) is 5.91 Å². The van der Waals surface area contributed by atoms with Gasteiger partial charge in [0.2, 0.25) is 5.95 Å². The third-order valence-electron chi connectivity index (χ3n) is 8.71. The van der Waals surface area contributed by atoms with E-state index in [1.807, 2.05) is 62.6 Å². The monoisotopic (exact) mass is 607 g/mol. The fourth-order valence-electron chi connectivity index (χ4n) is 6.17. The maximum atomic E-state index is 13.0. The van der Waals surface area contributed by atoms with Crippen molar-refractivity contribution < 1.29 is 4.79 Å². The summed E-state index contributed by atoms with van der Waals surface area (Å²) in [6.45, 7) is 3.62. The summed E-state index contributed by atoms with van der Waals surface area (Å²) in [5.74, 6) is 2.29. The van der Waals surface area contributed by atoms with Crippen molar-refractivity contribution in [2.24, 2.45) is 5.92 Å². The number of aromatic nitrogens is 2. The van der Waals surface area contributed by atoms with E-state index in [0.717, 1.165) is 87.8 Å². The van der Waals surface area contributed by atoms with Crippen LogP contribution in [0.15, 0.2) is 84.9 Å². The molecule has 1 saturated carbocycles. The summed E-state index contributed by atoms with van der Waals surface area (Å²) < 4.78 is 0. The molecule has 1 unspecified atom stereocenters. The molecule has 0 saturated heterocycles. The third kappa shape index (κ3) is 9.99. The Hall–Kier alpha value is -4.01. The molecule has 1 heterocycles. The number of hydrogen-bond acceptors (Lipinski definition) is 7. The minimum Gasteiger partial charge on any atom is -0.362 e. The Kier molecular flexibility index (Phi) is 12.2. The van der Waals surface area contributed by atoms with E-state index in [9.17, 15) is 4.79 Å². The number of para-hydroxylation sites is 1. The molecular formula is C37H49N7O. The molecule has 1 aliphatic carbocycles. The van der Waals surface area contributed by atoms with Gasteiger partial charge in [-0.2, -0.15) is 4.98 Å². The Morgan fingerprint density at radius 2 is 1.56 bits per heavy atom. The van der Waals surface area contributed by atoms with Gasteiger partial charge in [-0.05, 0) is 87.4 Å². The molecule has 1 aromatic heterocycles. The highest BCUT2D eigenvalue weighted by atomic mass is 16.1. The van der Waals surface area contributed by atoms with E-state index in [1.54, 1.807) is 0 Å². The summed E-state index contributed by atoms with van der Waals surface area (Å²) in [6.07, 6.45) is 7.62. The molecule has 0 bridgehead atoms. The number of nitrogens with zero attached hydrogens (tertiary/aromatic N) is 3. The average molecular weight is 608 g/mol. The second-order valence-corrected chi connectivity index (χ2v) is 12.5. The molecule has 1 amide bonds. The standard InChI is InChI=1S/C37H49N7O/c1-44(2)35-33-18-9-10-19-34(33)42-37(43-35)41-31-22-20-29(21-23-31)26-39-27-32(40-36(45)30-15-7-4-8-16-30)17-11-12-24-38-25-28-13-5-3-6-14-28/h3-10,13-16,18-19,29,31-32,38-39H,11-12,17,20-27H2,1-2H3,(H,40,45)(H,41,42,43)/t29-,31+,32?. The number of unbranched alkanes of at least 4 members (excludes halogenated alkanes) is 1. The zero-order valence-electron chi connectivity index (χ0n) is 26.8. The predicted molar refractivity (Wildman–Crippen MR) is 186 cm³/mol. The highest BCUT2D eigenvalue weighted by molar-refractivity contribution is 5.94. The van der Waals surface area contributed by atoms with Crippen molar-refractivity contribution in [1.29, 1.82) is 0 Å². The van der Waals surface area contributed by atoms with Crippen LogP contribution in [0.3, 0.4) is 0 Å². The van der Waals surface area contributed by atoms with Crippen LogP contribution < -0.4 is 26.2 Å². The maximum Gasteiger partial charge on any atom is 0.251 e. The van der Waals surface area contributed by atoms with Gasteiger partial charge < -0.3 is 26.2 Å². The van der Waals surface area contributed by atoms with Crippen molar-refractivity contribution in [3.05, 3.63) is 96.1 Å². The predicted octanol–water partition coefficient (Wildman–Crippen LogP) is 6.01. The van der Waals surface area contributed by atoms with Crippen LogP contribution in [0.1, 0.15) is 60.9 Å². The van der Waals surface area contributed by atoms with Crippen molar-refractivity contribution in [2.75, 3.05) is 43.9 Å². The number of rotatable bonds is 16. The van der Waals surface area contributed by atoms with Gasteiger partial charge in [0.15, 0.2) is 0 Å². The summed E-state index contributed by atoms with van der Waals surface area (Å²) in [5.41, 5.74) is 2.99. The lowest BCUT2D eigenvalue weighted by atomic mass is 9.86. The van der Waals surface area contributed by atoms with Crippen LogP contribution in [0, 0.1) is 5.92 Å². The van der Waals surface area contributed by atoms with E-state index in [4.69, 9.17) is 9.97 Å². The number of hydrogen-bond donors (Lipinski definition) is 4. The Morgan fingerprint density at radius 3 is 2.31 bits per heavy atom. The van der Waals surface area contributed by atoms with Gasteiger partial charge in [0, 0.05) is 50.2 Å². The van der Waals surface area contributed by atoms with Crippen LogP contribution in [-0.2, 0) is 6.54 Å². The Morgan fingerprint density at radius 1 is 0.844 bits per heavy atom. The molecule has 0 aliphatic heterocycles. The summed E-state index contributed by atoms with van der Waals surface area (Å²) >= 11 is 0. The van der Waals surface area contributed by atoms with Crippen LogP contribution in [0.5, 0.6) is 0 Å². The SMILES string of the molecule is CN(C)c1nc(N[C@H]2CC[C@@H](CNCC(CCCCNCc3ccccc3)NC(=O)c3ccccc3)CC2)nc2ccccc12. The van der Waals surface area contributed by atoms with E-state index < -0.39 is 0 Å². The first-order valence-electron chi connectivity index (χ1n) is 16.6. The van der Waals surface area contributed by atoms with E-state index in [2.05, 4.69) is 62.6 Å². The molecule has 3 aromatic carbocycles. The number of benzene rings is 3. The summed E-state index contributed by atoms with van der Waals surface area (Å²) in [7, 11) is 4.05. The summed E-state index contributed by atoms with van der Waals surface area (Å²) in [5, 5.41) is 15.2. The Labute approximate surface area is 268 Å². The molecule has 1 aliphatic rings. The fraction of sp³-hybridized carbons (Fsp3) is 0.432. The minimum atomic E-state index is 0.00418. The molecule has 0 radical (unpaired) electrons. The lowest BCUT2D eigenvalue weighted by Gasteiger charge is -2.30. The smallest absolute Gasteiger partial charge is 0.251 e. The van der Waals surface area contributed by atoms with Crippen molar-refractivity contribution in [2.45, 2.75) is 63.6 Å². The minimum absolute atomic E-state index is 0.00418. The van der Waals surface area contributed by atoms with E-state index in [-0.39, 0.29) is 11.9 Å². The Balaban J connectivity index is 1.06. The number of nitrogens with one attached hydrogen (secondary N) is 4. The Bertz CT molecular complexity index is 1460. The average Bonchev–Trinajstić information content (AvgIpc) is 3.07. The molecule has 238 valence electrons. The second kappa shape index (κ2) is 16.9. The van der Waals surface area contributed by atoms with Gasteiger partial charge in [-0.15, -0.1) is 0 Å². The normalized spacial score (nSPS) is 17.1. The van der Waals surface area contributed by atoms with Crippen LogP contribution in [0.2, 0.25) is 0 Å². The lowest BCUT2D eigenvalue weighted by molar-refractivity contribution is 0.0933. The number of carbonyl (C=O) groups is 1. The zero-order valence-corrected chi connectivity index (χ0v) is 26.8. The highest BCUT2D eigenvalue weighted by Crippen LogP contribution is 2.28. The van der Waals surface area contributed by atoms with Gasteiger partial charge in [-0.3, -0.25) is 4.79 Å². The second-order valence-electron chi connectivity index (χ2n) is 12.5. The highest BCUT2D eigenvalue weighted by Gasteiger charge is 2.23. The topological polar surface area (TPSA) is 94.2 Å². The molecule has 1 fully saturated rings. The first-order valence-corrected chi connectivity index (χ1v) is 16.6. The van der Waals surface area contributed by atoms with Gasteiger partial charge in [-0.1, -0.05) is 67.1 Å². The van der Waals surface area contributed by atoms with Gasteiger partial charge in [0.05, 0.1) is 5.52 Å². The molecule has 0 spiro atoms. The molecule has 4 aromatic rings. The maximum absolute atomic E-state index is 13.0.